The highest BCUT2D eigenvalue weighted by molar-refractivity contribution is 6.67. The number of hydrogen-bond acceptors (Lipinski definition) is 6. The minimum atomic E-state index is -1.71. The molecule has 1 rings (SSSR count). The summed E-state index contributed by atoms with van der Waals surface area (Å²) < 4.78 is 9.00. The number of nitrogens with zero attached hydrogens (tertiary/aromatic N) is 1. The molecule has 0 aromatic carbocycles. The Morgan fingerprint density at radius 3 is 2.45 bits per heavy atom. The monoisotopic (exact) mass is 499 g/mol. The molecule has 1 heterocycles. The largest absolute Gasteiger partial charge is 0.460 e. The van der Waals surface area contributed by atoms with Gasteiger partial charge >= 0.3 is 5.97 Å². The summed E-state index contributed by atoms with van der Waals surface area (Å²) in [6.07, 6.45) is 2.09. The van der Waals surface area contributed by atoms with Gasteiger partial charge in [-0.05, 0) is 31.6 Å². The molecular weight excluding hydrogens is 469 g/mol. The minimum absolute atomic E-state index is 0.0792. The molecule has 0 radical (unpaired) electrons. The lowest BCUT2D eigenvalue weighted by Gasteiger charge is -2.34. The van der Waals surface area contributed by atoms with Gasteiger partial charge in [0.1, 0.15) is 24.8 Å². The molecule has 0 aromatic heterocycles. The van der Waals surface area contributed by atoms with Gasteiger partial charge in [-0.25, -0.2) is 5.43 Å². The minimum Gasteiger partial charge on any atom is -0.460 e. The Kier molecular flexibility index (Phi) is 11.6. The first-order valence-electron chi connectivity index (χ1n) is 10.2. The number of carbonyl (C=O) groups excluding carboxylic acids is 3. The lowest BCUT2D eigenvalue weighted by Crippen LogP contribution is -2.60. The van der Waals surface area contributed by atoms with E-state index in [1.165, 1.54) is 5.01 Å². The second-order valence-corrected chi connectivity index (χ2v) is 10.5. The molecule has 1 aliphatic rings. The highest BCUT2D eigenvalue weighted by Crippen LogP contribution is 2.26. The van der Waals surface area contributed by atoms with Crippen LogP contribution < -0.4 is 10.7 Å². The summed E-state index contributed by atoms with van der Waals surface area (Å²) in [5, 5.41) is 4.01. The fourth-order valence-corrected chi connectivity index (χ4v) is 3.02. The Bertz CT molecular complexity index is 642. The molecule has 178 valence electrons. The third-order valence-electron chi connectivity index (χ3n) is 4.65. The van der Waals surface area contributed by atoms with Crippen molar-refractivity contribution in [2.75, 3.05) is 19.8 Å². The van der Waals surface area contributed by atoms with E-state index in [1.807, 2.05) is 20.8 Å². The number of ether oxygens (including phenoxy) is 2. The van der Waals surface area contributed by atoms with Gasteiger partial charge in [0.2, 0.25) is 9.70 Å². The smallest absolute Gasteiger partial charge is 0.325 e. The zero-order valence-electron chi connectivity index (χ0n) is 18.3. The van der Waals surface area contributed by atoms with E-state index >= 15 is 0 Å². The van der Waals surface area contributed by atoms with Crippen molar-refractivity contribution >= 4 is 52.6 Å². The molecule has 1 saturated heterocycles. The Balaban J connectivity index is 2.64. The Morgan fingerprint density at radius 2 is 1.90 bits per heavy atom. The van der Waals surface area contributed by atoms with E-state index in [-0.39, 0.29) is 23.7 Å². The Hall–Kier alpha value is -1.06. The molecule has 0 saturated carbocycles. The molecule has 0 aliphatic carbocycles. The SMILES string of the molecule is C=CC(C)CO[C@H](C(=O)N[C@@H](C)C(=O)N1CCC[C@@H](C(=O)OCC(Cl)(Cl)Cl)N1)C(C)C. The van der Waals surface area contributed by atoms with Crippen molar-refractivity contribution in [1.82, 2.24) is 15.8 Å². The maximum atomic E-state index is 12.8. The molecule has 0 bridgehead atoms. The van der Waals surface area contributed by atoms with E-state index in [0.717, 1.165) is 0 Å². The number of alkyl halides is 3. The topological polar surface area (TPSA) is 97.0 Å². The molecule has 1 aliphatic heterocycles. The van der Waals surface area contributed by atoms with Crippen molar-refractivity contribution in [2.24, 2.45) is 11.8 Å². The van der Waals surface area contributed by atoms with Gasteiger partial charge in [0, 0.05) is 6.54 Å². The van der Waals surface area contributed by atoms with Crippen LogP contribution in [0, 0.1) is 11.8 Å². The fourth-order valence-electron chi connectivity index (χ4n) is 2.85. The number of nitrogens with one attached hydrogen (secondary N) is 2. The molecule has 2 N–H and O–H groups in total. The summed E-state index contributed by atoms with van der Waals surface area (Å²) in [4.78, 5) is 37.7. The number of hydrazine groups is 1. The van der Waals surface area contributed by atoms with Gasteiger partial charge in [0.15, 0.2) is 0 Å². The zero-order chi connectivity index (χ0) is 23.8. The number of hydrogen-bond donors (Lipinski definition) is 2. The van der Waals surface area contributed by atoms with Gasteiger partial charge in [-0.15, -0.1) is 6.58 Å². The Labute approximate surface area is 198 Å². The molecule has 0 spiro atoms. The average molecular weight is 501 g/mol. The molecule has 8 nitrogen and oxygen atoms in total. The maximum Gasteiger partial charge on any atom is 0.325 e. The first-order chi connectivity index (χ1) is 14.4. The van der Waals surface area contributed by atoms with Crippen LogP contribution >= 0.6 is 34.8 Å². The van der Waals surface area contributed by atoms with E-state index in [2.05, 4.69) is 17.3 Å². The van der Waals surface area contributed by atoms with E-state index in [4.69, 9.17) is 44.3 Å². The second kappa shape index (κ2) is 12.8. The number of amides is 2. The van der Waals surface area contributed by atoms with Gasteiger partial charge in [0.05, 0.1) is 6.61 Å². The van der Waals surface area contributed by atoms with Crippen LogP contribution in [0.1, 0.15) is 40.5 Å². The molecule has 11 heteroatoms. The number of halogens is 3. The van der Waals surface area contributed by atoms with Crippen LogP contribution in [-0.2, 0) is 23.9 Å². The summed E-state index contributed by atoms with van der Waals surface area (Å²) in [6, 6.07) is -1.57. The number of rotatable bonds is 10. The summed E-state index contributed by atoms with van der Waals surface area (Å²) in [5.74, 6) is -1.35. The van der Waals surface area contributed by atoms with Crippen molar-refractivity contribution in [1.29, 1.82) is 0 Å². The third kappa shape index (κ3) is 9.95. The highest BCUT2D eigenvalue weighted by atomic mass is 35.6. The number of carbonyl (C=O) groups is 3. The van der Waals surface area contributed by atoms with E-state index in [1.54, 1.807) is 13.0 Å². The third-order valence-corrected chi connectivity index (χ3v) is 4.98. The van der Waals surface area contributed by atoms with Crippen molar-refractivity contribution in [3.05, 3.63) is 12.7 Å². The van der Waals surface area contributed by atoms with Crippen molar-refractivity contribution in [3.63, 3.8) is 0 Å². The molecular formula is C20H32Cl3N3O5. The second-order valence-electron chi connectivity index (χ2n) is 7.98. The number of esters is 1. The molecule has 4 atom stereocenters. The van der Waals surface area contributed by atoms with Crippen LogP contribution in [0.5, 0.6) is 0 Å². The quantitative estimate of drug-likeness (QED) is 0.272. The predicted molar refractivity (Wildman–Crippen MR) is 121 cm³/mol. The van der Waals surface area contributed by atoms with Crippen LogP contribution in [0.2, 0.25) is 0 Å². The highest BCUT2D eigenvalue weighted by Gasteiger charge is 2.34. The van der Waals surface area contributed by atoms with Gasteiger partial charge in [-0.3, -0.25) is 19.4 Å². The predicted octanol–water partition coefficient (Wildman–Crippen LogP) is 2.76. The van der Waals surface area contributed by atoms with E-state index in [9.17, 15) is 14.4 Å². The van der Waals surface area contributed by atoms with E-state index < -0.39 is 34.6 Å². The van der Waals surface area contributed by atoms with Crippen molar-refractivity contribution in [3.8, 4) is 0 Å². The normalized spacial score (nSPS) is 20.0. The zero-order valence-corrected chi connectivity index (χ0v) is 20.6. The molecule has 1 fully saturated rings. The molecule has 2 amide bonds. The average Bonchev–Trinajstić information content (AvgIpc) is 2.70. The van der Waals surface area contributed by atoms with Crippen LogP contribution in [0.4, 0.5) is 0 Å². The summed E-state index contributed by atoms with van der Waals surface area (Å²) in [6.45, 7) is 11.3. The Morgan fingerprint density at radius 1 is 1.26 bits per heavy atom. The van der Waals surface area contributed by atoms with Crippen molar-refractivity contribution < 1.29 is 23.9 Å². The summed E-state index contributed by atoms with van der Waals surface area (Å²) in [5.41, 5.74) is 2.83. The van der Waals surface area contributed by atoms with Crippen LogP contribution in [0.3, 0.4) is 0 Å². The van der Waals surface area contributed by atoms with Gasteiger partial charge in [0.25, 0.3) is 5.91 Å². The molecule has 1 unspecified atom stereocenters. The van der Waals surface area contributed by atoms with Gasteiger partial charge < -0.3 is 14.8 Å². The maximum absolute atomic E-state index is 12.8. The van der Waals surface area contributed by atoms with Crippen molar-refractivity contribution in [2.45, 2.75) is 62.5 Å². The first-order valence-corrected chi connectivity index (χ1v) is 11.3. The first kappa shape index (κ1) is 28.0. The molecule has 0 aromatic rings. The standard InChI is InChI=1S/C20H32Cl3N3O5/c1-6-13(4)10-30-16(12(2)3)17(27)24-14(5)18(28)26-9-7-8-15(25-26)19(29)31-11-20(21,22)23/h6,12-16,25H,1,7-11H2,2-5H3,(H,24,27)/t13?,14-,15-,16-/m0/s1. The van der Waals surface area contributed by atoms with Gasteiger partial charge in [-0.1, -0.05) is 61.7 Å². The van der Waals surface area contributed by atoms with Crippen LogP contribution in [0.15, 0.2) is 12.7 Å². The summed E-state index contributed by atoms with van der Waals surface area (Å²) in [7, 11) is 0. The lowest BCUT2D eigenvalue weighted by atomic mass is 10.1. The van der Waals surface area contributed by atoms with Crippen LogP contribution in [0.25, 0.3) is 0 Å². The van der Waals surface area contributed by atoms with E-state index in [0.29, 0.717) is 26.0 Å². The molecule has 31 heavy (non-hydrogen) atoms. The van der Waals surface area contributed by atoms with Gasteiger partial charge in [-0.2, -0.15) is 0 Å². The summed E-state index contributed by atoms with van der Waals surface area (Å²) >= 11 is 16.8. The fraction of sp³-hybridized carbons (Fsp3) is 0.750. The lowest BCUT2D eigenvalue weighted by molar-refractivity contribution is -0.153. The van der Waals surface area contributed by atoms with Crippen LogP contribution in [-0.4, -0.2) is 64.5 Å².